The Morgan fingerprint density at radius 1 is 1.33 bits per heavy atom. The van der Waals surface area contributed by atoms with Gasteiger partial charge in [0.2, 0.25) is 0 Å². The van der Waals surface area contributed by atoms with Crippen LogP contribution < -0.4 is 0 Å². The number of nitrogens with zero attached hydrogens (tertiary/aromatic N) is 3. The molecule has 0 aromatic carbocycles. The van der Waals surface area contributed by atoms with Gasteiger partial charge < -0.3 is 5.11 Å². The van der Waals surface area contributed by atoms with Gasteiger partial charge in [-0.05, 0) is 25.0 Å². The van der Waals surface area contributed by atoms with Crippen molar-refractivity contribution in [2.75, 3.05) is 0 Å². The highest BCUT2D eigenvalue weighted by Crippen LogP contribution is 2.20. The molecule has 1 unspecified atom stereocenters. The fourth-order valence-electron chi connectivity index (χ4n) is 1.94. The standard InChI is InChI=1S/C14H19N3O/c1-4-11-5-6-12(15-8-11)7-14(18)13-9-16-17(3)10(13)2/h5-6,8-9,14,18H,4,7H2,1-3H3. The first-order chi connectivity index (χ1) is 8.61. The third-order valence-electron chi connectivity index (χ3n) is 3.33. The molecule has 1 N–H and O–H groups in total. The summed E-state index contributed by atoms with van der Waals surface area (Å²) in [5.74, 6) is 0. The first-order valence-corrected chi connectivity index (χ1v) is 6.22. The Hall–Kier alpha value is -1.68. The highest BCUT2D eigenvalue weighted by molar-refractivity contribution is 5.22. The molecular formula is C14H19N3O. The van der Waals surface area contributed by atoms with E-state index in [1.165, 1.54) is 5.56 Å². The fraction of sp³-hybridized carbons (Fsp3) is 0.429. The van der Waals surface area contributed by atoms with Gasteiger partial charge in [-0.25, -0.2) is 0 Å². The summed E-state index contributed by atoms with van der Waals surface area (Å²) in [5, 5.41) is 14.3. The van der Waals surface area contributed by atoms with Gasteiger partial charge in [-0.15, -0.1) is 0 Å². The molecular weight excluding hydrogens is 226 g/mol. The van der Waals surface area contributed by atoms with E-state index in [4.69, 9.17) is 0 Å². The van der Waals surface area contributed by atoms with E-state index in [1.807, 2.05) is 26.2 Å². The minimum absolute atomic E-state index is 0.524. The molecule has 0 saturated carbocycles. The van der Waals surface area contributed by atoms with Crippen LogP contribution in [0.1, 0.15) is 35.5 Å². The number of aliphatic hydroxyl groups excluding tert-OH is 1. The Labute approximate surface area is 107 Å². The second-order valence-electron chi connectivity index (χ2n) is 4.54. The number of aliphatic hydroxyl groups is 1. The minimum Gasteiger partial charge on any atom is -0.388 e. The van der Waals surface area contributed by atoms with Crippen LogP contribution in [0.25, 0.3) is 0 Å². The number of hydrogen-bond donors (Lipinski definition) is 1. The SMILES string of the molecule is CCc1ccc(CC(O)c2cnn(C)c2C)nc1. The second kappa shape index (κ2) is 5.31. The van der Waals surface area contributed by atoms with Crippen molar-refractivity contribution < 1.29 is 5.11 Å². The lowest BCUT2D eigenvalue weighted by Crippen LogP contribution is -2.05. The predicted molar refractivity (Wildman–Crippen MR) is 70.2 cm³/mol. The van der Waals surface area contributed by atoms with Crippen molar-refractivity contribution in [2.24, 2.45) is 7.05 Å². The summed E-state index contributed by atoms with van der Waals surface area (Å²) in [6, 6.07) is 4.04. The molecule has 96 valence electrons. The number of pyridine rings is 1. The monoisotopic (exact) mass is 245 g/mol. The van der Waals surface area contributed by atoms with Gasteiger partial charge in [0.15, 0.2) is 0 Å². The van der Waals surface area contributed by atoms with Gasteiger partial charge >= 0.3 is 0 Å². The van der Waals surface area contributed by atoms with Gasteiger partial charge in [-0.2, -0.15) is 5.10 Å². The van der Waals surface area contributed by atoms with Gasteiger partial charge in [-0.1, -0.05) is 13.0 Å². The maximum Gasteiger partial charge on any atom is 0.0878 e. The minimum atomic E-state index is -0.543. The molecule has 2 aromatic heterocycles. The van der Waals surface area contributed by atoms with Crippen LogP contribution in [0.3, 0.4) is 0 Å². The molecule has 2 aromatic rings. The van der Waals surface area contributed by atoms with Crippen molar-refractivity contribution in [1.29, 1.82) is 0 Å². The molecule has 4 heteroatoms. The van der Waals surface area contributed by atoms with E-state index < -0.39 is 6.10 Å². The maximum absolute atomic E-state index is 10.2. The Morgan fingerprint density at radius 3 is 2.61 bits per heavy atom. The molecule has 0 radical (unpaired) electrons. The number of rotatable bonds is 4. The van der Waals surface area contributed by atoms with Crippen LogP contribution in [-0.2, 0) is 19.9 Å². The summed E-state index contributed by atoms with van der Waals surface area (Å²) in [6.07, 6.45) is 4.56. The molecule has 18 heavy (non-hydrogen) atoms. The van der Waals surface area contributed by atoms with Crippen LogP contribution in [0.15, 0.2) is 24.5 Å². The van der Waals surface area contributed by atoms with Crippen molar-refractivity contribution in [3.05, 3.63) is 47.0 Å². The summed E-state index contributed by atoms with van der Waals surface area (Å²) in [4.78, 5) is 4.36. The van der Waals surface area contributed by atoms with Crippen LogP contribution in [0.5, 0.6) is 0 Å². The third kappa shape index (κ3) is 2.59. The Kier molecular flexibility index (Phi) is 3.77. The van der Waals surface area contributed by atoms with E-state index in [2.05, 4.69) is 23.1 Å². The van der Waals surface area contributed by atoms with Gasteiger partial charge in [0.05, 0.1) is 12.3 Å². The van der Waals surface area contributed by atoms with E-state index in [-0.39, 0.29) is 0 Å². The molecule has 0 aliphatic heterocycles. The average Bonchev–Trinajstić information content (AvgIpc) is 2.71. The smallest absolute Gasteiger partial charge is 0.0878 e. The van der Waals surface area contributed by atoms with Gasteiger partial charge in [-0.3, -0.25) is 9.67 Å². The molecule has 0 saturated heterocycles. The zero-order valence-electron chi connectivity index (χ0n) is 11.1. The summed E-state index contributed by atoms with van der Waals surface area (Å²) >= 11 is 0. The van der Waals surface area contributed by atoms with Crippen molar-refractivity contribution >= 4 is 0 Å². The molecule has 0 amide bonds. The van der Waals surface area contributed by atoms with Crippen molar-refractivity contribution in [2.45, 2.75) is 32.8 Å². The lowest BCUT2D eigenvalue weighted by molar-refractivity contribution is 0.176. The molecule has 1 atom stereocenters. The lowest BCUT2D eigenvalue weighted by atomic mass is 10.1. The molecule has 2 rings (SSSR count). The van der Waals surface area contributed by atoms with E-state index in [9.17, 15) is 5.11 Å². The van der Waals surface area contributed by atoms with Crippen molar-refractivity contribution in [3.63, 3.8) is 0 Å². The van der Waals surface area contributed by atoms with Crippen LogP contribution in [0, 0.1) is 6.92 Å². The zero-order chi connectivity index (χ0) is 13.1. The van der Waals surface area contributed by atoms with Crippen molar-refractivity contribution in [1.82, 2.24) is 14.8 Å². The first-order valence-electron chi connectivity index (χ1n) is 6.22. The zero-order valence-corrected chi connectivity index (χ0v) is 11.1. The molecule has 0 fully saturated rings. The molecule has 2 heterocycles. The largest absolute Gasteiger partial charge is 0.388 e. The molecule has 0 spiro atoms. The summed E-state index contributed by atoms with van der Waals surface area (Å²) in [5.41, 5.74) is 3.99. The predicted octanol–water partition coefficient (Wildman–Crippen LogP) is 1.96. The van der Waals surface area contributed by atoms with Crippen LogP contribution in [-0.4, -0.2) is 19.9 Å². The summed E-state index contributed by atoms with van der Waals surface area (Å²) in [7, 11) is 1.87. The van der Waals surface area contributed by atoms with E-state index >= 15 is 0 Å². The Morgan fingerprint density at radius 2 is 2.11 bits per heavy atom. The third-order valence-corrected chi connectivity index (χ3v) is 3.33. The molecule has 0 aliphatic carbocycles. The quantitative estimate of drug-likeness (QED) is 0.896. The van der Waals surface area contributed by atoms with Crippen molar-refractivity contribution in [3.8, 4) is 0 Å². The van der Waals surface area contributed by atoms with Gasteiger partial charge in [0.1, 0.15) is 0 Å². The van der Waals surface area contributed by atoms with Crippen LogP contribution in [0.4, 0.5) is 0 Å². The fourth-order valence-corrected chi connectivity index (χ4v) is 1.94. The van der Waals surface area contributed by atoms with Crippen LogP contribution >= 0.6 is 0 Å². The normalized spacial score (nSPS) is 12.7. The average molecular weight is 245 g/mol. The number of aromatic nitrogens is 3. The van der Waals surface area contributed by atoms with Crippen LogP contribution in [0.2, 0.25) is 0 Å². The van der Waals surface area contributed by atoms with E-state index in [1.54, 1.807) is 10.9 Å². The molecule has 0 aliphatic rings. The molecule has 0 bridgehead atoms. The Bertz CT molecular complexity index is 516. The van der Waals surface area contributed by atoms with Gasteiger partial charge in [0, 0.05) is 36.6 Å². The summed E-state index contributed by atoms with van der Waals surface area (Å²) in [6.45, 7) is 4.06. The first kappa shape index (κ1) is 12.8. The van der Waals surface area contributed by atoms with E-state index in [0.717, 1.165) is 23.4 Å². The second-order valence-corrected chi connectivity index (χ2v) is 4.54. The molecule has 4 nitrogen and oxygen atoms in total. The maximum atomic E-state index is 10.2. The Balaban J connectivity index is 2.11. The van der Waals surface area contributed by atoms with Gasteiger partial charge in [0.25, 0.3) is 0 Å². The topological polar surface area (TPSA) is 50.9 Å². The van der Waals surface area contributed by atoms with E-state index in [0.29, 0.717) is 6.42 Å². The number of hydrogen-bond acceptors (Lipinski definition) is 3. The number of aryl methyl sites for hydroxylation is 2. The lowest BCUT2D eigenvalue weighted by Gasteiger charge is -2.10. The highest BCUT2D eigenvalue weighted by atomic mass is 16.3. The summed E-state index contributed by atoms with van der Waals surface area (Å²) < 4.78 is 1.77. The highest BCUT2D eigenvalue weighted by Gasteiger charge is 2.14.